The molecule has 0 saturated heterocycles. The van der Waals surface area contributed by atoms with Crippen molar-refractivity contribution in [1.29, 1.82) is 0 Å². The van der Waals surface area contributed by atoms with Crippen molar-refractivity contribution in [2.45, 2.75) is 24.9 Å². The van der Waals surface area contributed by atoms with Crippen LogP contribution in [0.5, 0.6) is 5.75 Å². The van der Waals surface area contributed by atoms with Gasteiger partial charge in [0.1, 0.15) is 17.6 Å². The van der Waals surface area contributed by atoms with Gasteiger partial charge in [0.2, 0.25) is 5.91 Å². The smallest absolute Gasteiger partial charge is 0.260 e. The standard InChI is InChI=1S/C30H34IN5O5/c1-19(20-5-3-2-4-6-20)28(29-33-24-12-9-22(31)17-25(24)34-29)35-30(40)27(32)21-7-10-23(11-8-21)41-18-26(39)36(13-15-37)14-16-38/h2-12,17,19,27-28,37-38H,13-16,18,32H2,1H3,(H,33,34)(H,35,40)/t19-,27-,28+/m1/s1. The number of H-pyrrole nitrogens is 1. The minimum Gasteiger partial charge on any atom is -0.484 e. The van der Waals surface area contributed by atoms with E-state index in [4.69, 9.17) is 25.7 Å². The summed E-state index contributed by atoms with van der Waals surface area (Å²) in [5.74, 6) is 0.253. The number of carbonyl (C=O) groups is 2. The minimum absolute atomic E-state index is 0.100. The van der Waals surface area contributed by atoms with Crippen LogP contribution in [0, 0.1) is 3.57 Å². The Morgan fingerprint density at radius 1 is 1.02 bits per heavy atom. The first kappa shape index (κ1) is 30.4. The molecule has 4 rings (SSSR count). The van der Waals surface area contributed by atoms with E-state index >= 15 is 0 Å². The maximum Gasteiger partial charge on any atom is 0.260 e. The maximum absolute atomic E-state index is 13.4. The van der Waals surface area contributed by atoms with Crippen molar-refractivity contribution < 1.29 is 24.5 Å². The molecule has 0 fully saturated rings. The van der Waals surface area contributed by atoms with Crippen LogP contribution in [-0.2, 0) is 9.59 Å². The molecule has 41 heavy (non-hydrogen) atoms. The number of aliphatic hydroxyl groups excluding tert-OH is 2. The van der Waals surface area contributed by atoms with Gasteiger partial charge in [0.05, 0.1) is 30.3 Å². The zero-order valence-corrected chi connectivity index (χ0v) is 24.8. The molecule has 10 nitrogen and oxygen atoms in total. The van der Waals surface area contributed by atoms with Crippen LogP contribution in [0.15, 0.2) is 72.8 Å². The van der Waals surface area contributed by atoms with Gasteiger partial charge in [-0.05, 0) is 64.0 Å². The van der Waals surface area contributed by atoms with Crippen molar-refractivity contribution in [3.8, 4) is 5.75 Å². The number of benzene rings is 3. The van der Waals surface area contributed by atoms with Crippen LogP contribution in [0.3, 0.4) is 0 Å². The van der Waals surface area contributed by atoms with Gasteiger partial charge in [-0.3, -0.25) is 9.59 Å². The number of hydrogen-bond acceptors (Lipinski definition) is 7. The van der Waals surface area contributed by atoms with Crippen LogP contribution < -0.4 is 15.8 Å². The Bertz CT molecular complexity index is 1440. The summed E-state index contributed by atoms with van der Waals surface area (Å²) in [4.78, 5) is 35.2. The lowest BCUT2D eigenvalue weighted by Gasteiger charge is -2.25. The number of amides is 2. The highest BCUT2D eigenvalue weighted by molar-refractivity contribution is 14.1. The number of aromatic amines is 1. The molecular formula is C30H34IN5O5. The molecule has 0 saturated carbocycles. The second kappa shape index (κ2) is 14.4. The molecule has 216 valence electrons. The highest BCUT2D eigenvalue weighted by Crippen LogP contribution is 2.31. The van der Waals surface area contributed by atoms with E-state index in [1.165, 1.54) is 4.90 Å². The fourth-order valence-electron chi connectivity index (χ4n) is 4.53. The van der Waals surface area contributed by atoms with Gasteiger partial charge in [0.25, 0.3) is 5.91 Å². The number of rotatable bonds is 13. The average Bonchev–Trinajstić information content (AvgIpc) is 3.41. The Kier molecular flexibility index (Phi) is 10.7. The van der Waals surface area contributed by atoms with E-state index in [1.54, 1.807) is 24.3 Å². The molecular weight excluding hydrogens is 637 g/mol. The van der Waals surface area contributed by atoms with Crippen LogP contribution in [0.4, 0.5) is 0 Å². The third-order valence-corrected chi connectivity index (χ3v) is 7.53. The molecule has 11 heteroatoms. The summed E-state index contributed by atoms with van der Waals surface area (Å²) in [7, 11) is 0. The third kappa shape index (κ3) is 7.82. The molecule has 0 aliphatic carbocycles. The Morgan fingerprint density at radius 3 is 2.37 bits per heavy atom. The normalized spacial score (nSPS) is 13.4. The van der Waals surface area contributed by atoms with E-state index in [1.807, 2.05) is 55.5 Å². The van der Waals surface area contributed by atoms with Crippen molar-refractivity contribution >= 4 is 45.4 Å². The quantitative estimate of drug-likeness (QED) is 0.137. The number of imidazole rings is 1. The highest BCUT2D eigenvalue weighted by Gasteiger charge is 2.28. The molecule has 2 amide bonds. The van der Waals surface area contributed by atoms with Crippen molar-refractivity contribution in [2.24, 2.45) is 5.73 Å². The predicted octanol–water partition coefficient (Wildman–Crippen LogP) is 3.02. The van der Waals surface area contributed by atoms with Crippen molar-refractivity contribution in [1.82, 2.24) is 20.2 Å². The maximum atomic E-state index is 13.4. The van der Waals surface area contributed by atoms with Crippen LogP contribution in [0.2, 0.25) is 0 Å². The fourth-order valence-corrected chi connectivity index (χ4v) is 5.02. The van der Waals surface area contributed by atoms with Gasteiger partial charge >= 0.3 is 0 Å². The van der Waals surface area contributed by atoms with E-state index in [-0.39, 0.29) is 50.6 Å². The van der Waals surface area contributed by atoms with Crippen molar-refractivity contribution in [2.75, 3.05) is 32.9 Å². The molecule has 3 atom stereocenters. The first-order valence-corrected chi connectivity index (χ1v) is 14.4. The number of nitrogens with zero attached hydrogens (tertiary/aromatic N) is 2. The summed E-state index contributed by atoms with van der Waals surface area (Å²) >= 11 is 2.25. The van der Waals surface area contributed by atoms with E-state index in [2.05, 4.69) is 32.9 Å². The number of hydrogen-bond donors (Lipinski definition) is 5. The van der Waals surface area contributed by atoms with Gasteiger partial charge in [-0.25, -0.2) is 4.98 Å². The number of carbonyl (C=O) groups excluding carboxylic acids is 2. The summed E-state index contributed by atoms with van der Waals surface area (Å²) < 4.78 is 6.65. The molecule has 0 unspecified atom stereocenters. The van der Waals surface area contributed by atoms with Crippen molar-refractivity contribution in [3.05, 3.63) is 93.3 Å². The molecule has 1 aromatic heterocycles. The zero-order chi connectivity index (χ0) is 29.4. The molecule has 0 aliphatic heterocycles. The molecule has 0 radical (unpaired) electrons. The number of nitrogens with two attached hydrogens (primary N) is 1. The molecule has 4 aromatic rings. The van der Waals surface area contributed by atoms with Gasteiger partial charge in [0.15, 0.2) is 6.61 Å². The van der Waals surface area contributed by atoms with Gasteiger partial charge in [0, 0.05) is 22.6 Å². The molecule has 0 aliphatic rings. The zero-order valence-electron chi connectivity index (χ0n) is 22.7. The lowest BCUT2D eigenvalue weighted by molar-refractivity contribution is -0.134. The van der Waals surface area contributed by atoms with Gasteiger partial charge in [-0.15, -0.1) is 0 Å². The summed E-state index contributed by atoms with van der Waals surface area (Å²) in [5, 5.41) is 21.3. The lowest BCUT2D eigenvalue weighted by atomic mass is 9.92. The SMILES string of the molecule is C[C@H](c1ccccc1)[C@H](NC(=O)[C@H](N)c1ccc(OCC(=O)N(CCO)CCO)cc1)c1nc2ccc(I)cc2[nH]1. The second-order valence-corrected chi connectivity index (χ2v) is 10.9. The molecule has 1 heterocycles. The highest BCUT2D eigenvalue weighted by atomic mass is 127. The largest absolute Gasteiger partial charge is 0.484 e. The van der Waals surface area contributed by atoms with Crippen LogP contribution in [0.1, 0.15) is 41.9 Å². The topological polar surface area (TPSA) is 154 Å². The van der Waals surface area contributed by atoms with Gasteiger partial charge in [-0.2, -0.15) is 0 Å². The van der Waals surface area contributed by atoms with E-state index in [0.717, 1.165) is 20.2 Å². The fraction of sp³-hybridized carbons (Fsp3) is 0.300. The summed E-state index contributed by atoms with van der Waals surface area (Å²) in [6.45, 7) is 1.60. The molecule has 0 bridgehead atoms. The molecule has 6 N–H and O–H groups in total. The average molecular weight is 672 g/mol. The van der Waals surface area contributed by atoms with E-state index < -0.39 is 12.1 Å². The van der Waals surface area contributed by atoms with E-state index in [9.17, 15) is 9.59 Å². The summed E-state index contributed by atoms with van der Waals surface area (Å²) in [6.07, 6.45) is 0. The number of aromatic nitrogens is 2. The van der Waals surface area contributed by atoms with Crippen LogP contribution in [-0.4, -0.2) is 69.8 Å². The predicted molar refractivity (Wildman–Crippen MR) is 164 cm³/mol. The molecule has 3 aromatic carbocycles. The Morgan fingerprint density at radius 2 is 1.71 bits per heavy atom. The van der Waals surface area contributed by atoms with Gasteiger partial charge in [-0.1, -0.05) is 49.4 Å². The number of fused-ring (bicyclic) bond motifs is 1. The Labute approximate surface area is 252 Å². The van der Waals surface area contributed by atoms with Gasteiger partial charge < -0.3 is 35.9 Å². The number of aliphatic hydroxyl groups is 2. The van der Waals surface area contributed by atoms with Crippen molar-refractivity contribution in [3.63, 3.8) is 0 Å². The number of halogens is 1. The first-order chi connectivity index (χ1) is 19.8. The summed E-state index contributed by atoms with van der Waals surface area (Å²) in [6, 6.07) is 21.1. The number of nitrogens with one attached hydrogen (secondary N) is 2. The summed E-state index contributed by atoms with van der Waals surface area (Å²) in [5.41, 5.74) is 9.72. The van der Waals surface area contributed by atoms with E-state index in [0.29, 0.717) is 17.1 Å². The second-order valence-electron chi connectivity index (χ2n) is 9.63. The third-order valence-electron chi connectivity index (χ3n) is 6.86. The Balaban J connectivity index is 1.47. The molecule has 0 spiro atoms. The monoisotopic (exact) mass is 671 g/mol. The Hall–Kier alpha value is -3.52. The lowest BCUT2D eigenvalue weighted by Crippen LogP contribution is -2.39. The number of ether oxygens (including phenoxy) is 1. The van der Waals surface area contributed by atoms with Crippen LogP contribution in [0.25, 0.3) is 11.0 Å². The van der Waals surface area contributed by atoms with Crippen LogP contribution >= 0.6 is 22.6 Å². The minimum atomic E-state index is -0.953. The first-order valence-electron chi connectivity index (χ1n) is 13.3.